The first-order valence-electron chi connectivity index (χ1n) is 5.16. The van der Waals surface area contributed by atoms with Crippen LogP contribution >= 0.6 is 0 Å². The molecule has 0 aromatic carbocycles. The van der Waals surface area contributed by atoms with Gasteiger partial charge in [-0.2, -0.15) is 0 Å². The van der Waals surface area contributed by atoms with E-state index in [0.717, 1.165) is 12.8 Å². The molecule has 3 heteroatoms. The largest absolute Gasteiger partial charge is 0.389 e. The maximum atomic E-state index is 9.52. The van der Waals surface area contributed by atoms with Crippen LogP contribution in [0.1, 0.15) is 32.6 Å². The standard InChI is InChI=1S/C11H22O3/c1-4-5-6-7-10(12)8-9-11(13-2)14-3/h8-12H,4-7H2,1-3H3/b9-8+/t10-/m0/s1. The van der Waals surface area contributed by atoms with Gasteiger partial charge in [-0.15, -0.1) is 0 Å². The summed E-state index contributed by atoms with van der Waals surface area (Å²) in [4.78, 5) is 0. The van der Waals surface area contributed by atoms with Crippen molar-refractivity contribution in [2.75, 3.05) is 14.2 Å². The van der Waals surface area contributed by atoms with Crippen LogP contribution in [0.3, 0.4) is 0 Å². The zero-order valence-electron chi connectivity index (χ0n) is 9.40. The molecule has 0 unspecified atom stereocenters. The van der Waals surface area contributed by atoms with Crippen molar-refractivity contribution in [1.82, 2.24) is 0 Å². The van der Waals surface area contributed by atoms with Crippen LogP contribution in [0.5, 0.6) is 0 Å². The van der Waals surface area contributed by atoms with Crippen LogP contribution in [0.25, 0.3) is 0 Å². The minimum Gasteiger partial charge on any atom is -0.389 e. The Morgan fingerprint density at radius 1 is 1.14 bits per heavy atom. The van der Waals surface area contributed by atoms with Crippen molar-refractivity contribution in [1.29, 1.82) is 0 Å². The molecule has 0 spiro atoms. The Kier molecular flexibility index (Phi) is 8.94. The number of hydrogen-bond donors (Lipinski definition) is 1. The molecule has 0 aliphatic carbocycles. The summed E-state index contributed by atoms with van der Waals surface area (Å²) < 4.78 is 9.91. The molecule has 14 heavy (non-hydrogen) atoms. The van der Waals surface area contributed by atoms with Crippen molar-refractivity contribution in [2.45, 2.75) is 45.0 Å². The van der Waals surface area contributed by atoms with Gasteiger partial charge in [0.2, 0.25) is 0 Å². The minimum atomic E-state index is -0.380. The van der Waals surface area contributed by atoms with Crippen molar-refractivity contribution >= 4 is 0 Å². The number of ether oxygens (including phenoxy) is 2. The molecule has 0 aromatic heterocycles. The molecule has 84 valence electrons. The van der Waals surface area contributed by atoms with Gasteiger partial charge >= 0.3 is 0 Å². The van der Waals surface area contributed by atoms with Gasteiger partial charge in [-0.3, -0.25) is 0 Å². The zero-order valence-corrected chi connectivity index (χ0v) is 9.40. The van der Waals surface area contributed by atoms with Crippen molar-refractivity contribution in [2.24, 2.45) is 0 Å². The smallest absolute Gasteiger partial charge is 0.176 e. The van der Waals surface area contributed by atoms with Gasteiger partial charge in [0.25, 0.3) is 0 Å². The van der Waals surface area contributed by atoms with Gasteiger partial charge in [-0.25, -0.2) is 0 Å². The van der Waals surface area contributed by atoms with Gasteiger partial charge in [0.1, 0.15) is 0 Å². The van der Waals surface area contributed by atoms with Crippen LogP contribution in [-0.2, 0) is 9.47 Å². The summed E-state index contributed by atoms with van der Waals surface area (Å²) in [6.07, 6.45) is 6.95. The normalized spacial score (nSPS) is 14.1. The van der Waals surface area contributed by atoms with E-state index < -0.39 is 0 Å². The summed E-state index contributed by atoms with van der Waals surface area (Å²) in [7, 11) is 3.14. The molecule has 1 atom stereocenters. The van der Waals surface area contributed by atoms with E-state index in [-0.39, 0.29) is 12.4 Å². The lowest BCUT2D eigenvalue weighted by Crippen LogP contribution is -2.11. The summed E-state index contributed by atoms with van der Waals surface area (Å²) in [5, 5.41) is 9.52. The zero-order chi connectivity index (χ0) is 10.8. The fourth-order valence-electron chi connectivity index (χ4n) is 1.17. The second kappa shape index (κ2) is 9.19. The monoisotopic (exact) mass is 202 g/mol. The molecule has 0 fully saturated rings. The van der Waals surface area contributed by atoms with Gasteiger partial charge < -0.3 is 14.6 Å². The van der Waals surface area contributed by atoms with Gasteiger partial charge in [0.15, 0.2) is 6.29 Å². The quantitative estimate of drug-likeness (QED) is 0.372. The van der Waals surface area contributed by atoms with E-state index in [1.807, 2.05) is 0 Å². The second-order valence-electron chi connectivity index (χ2n) is 3.29. The fourth-order valence-corrected chi connectivity index (χ4v) is 1.17. The number of hydrogen-bond acceptors (Lipinski definition) is 3. The van der Waals surface area contributed by atoms with Crippen LogP contribution in [0.15, 0.2) is 12.2 Å². The first-order chi connectivity index (χ1) is 6.74. The Morgan fingerprint density at radius 2 is 1.79 bits per heavy atom. The van der Waals surface area contributed by atoms with Crippen LogP contribution in [0.4, 0.5) is 0 Å². The van der Waals surface area contributed by atoms with Crippen LogP contribution < -0.4 is 0 Å². The Balaban J connectivity index is 3.62. The highest BCUT2D eigenvalue weighted by molar-refractivity contribution is 4.90. The summed E-state index contributed by atoms with van der Waals surface area (Å²) in [6, 6.07) is 0. The maximum absolute atomic E-state index is 9.52. The molecule has 0 amide bonds. The molecule has 0 radical (unpaired) electrons. The Hall–Kier alpha value is -0.380. The van der Waals surface area contributed by atoms with Crippen LogP contribution in [0, 0.1) is 0 Å². The Morgan fingerprint density at radius 3 is 2.29 bits per heavy atom. The molecule has 0 rings (SSSR count). The Labute approximate surface area is 86.7 Å². The lowest BCUT2D eigenvalue weighted by molar-refractivity contribution is -0.0671. The average Bonchev–Trinajstić information content (AvgIpc) is 2.20. The number of aliphatic hydroxyl groups is 1. The van der Waals surface area contributed by atoms with Crippen molar-refractivity contribution in [3.63, 3.8) is 0 Å². The van der Waals surface area contributed by atoms with E-state index in [1.165, 1.54) is 12.8 Å². The lowest BCUT2D eigenvalue weighted by Gasteiger charge is -2.09. The van der Waals surface area contributed by atoms with E-state index >= 15 is 0 Å². The summed E-state index contributed by atoms with van der Waals surface area (Å²) >= 11 is 0. The predicted molar refractivity (Wildman–Crippen MR) is 57.1 cm³/mol. The van der Waals surface area contributed by atoms with Crippen molar-refractivity contribution in [3.05, 3.63) is 12.2 Å². The van der Waals surface area contributed by atoms with Crippen molar-refractivity contribution in [3.8, 4) is 0 Å². The molecule has 0 aliphatic heterocycles. The molecular weight excluding hydrogens is 180 g/mol. The molecule has 0 heterocycles. The molecule has 0 saturated carbocycles. The SMILES string of the molecule is CCCCC[C@H](O)/C=C/C(OC)OC. The van der Waals surface area contributed by atoms with Crippen molar-refractivity contribution < 1.29 is 14.6 Å². The topological polar surface area (TPSA) is 38.7 Å². The molecule has 1 N–H and O–H groups in total. The highest BCUT2D eigenvalue weighted by atomic mass is 16.7. The van der Waals surface area contributed by atoms with E-state index in [2.05, 4.69) is 6.92 Å². The van der Waals surface area contributed by atoms with Crippen LogP contribution in [-0.4, -0.2) is 31.7 Å². The molecular formula is C11H22O3. The fraction of sp³-hybridized carbons (Fsp3) is 0.818. The predicted octanol–water partition coefficient (Wildman–Crippen LogP) is 2.10. The average molecular weight is 202 g/mol. The third kappa shape index (κ3) is 7.06. The molecule has 3 nitrogen and oxygen atoms in total. The number of methoxy groups -OCH3 is 2. The molecule has 0 aliphatic rings. The highest BCUT2D eigenvalue weighted by Gasteiger charge is 2.01. The highest BCUT2D eigenvalue weighted by Crippen LogP contribution is 2.05. The van der Waals surface area contributed by atoms with E-state index in [1.54, 1.807) is 26.4 Å². The number of unbranched alkanes of at least 4 members (excludes halogenated alkanes) is 2. The lowest BCUT2D eigenvalue weighted by atomic mass is 10.1. The summed E-state index contributed by atoms with van der Waals surface area (Å²) in [5.41, 5.74) is 0. The van der Waals surface area contributed by atoms with Gasteiger partial charge in [-0.05, 0) is 12.5 Å². The second-order valence-corrected chi connectivity index (χ2v) is 3.29. The first-order valence-corrected chi connectivity index (χ1v) is 5.16. The number of rotatable bonds is 8. The first kappa shape index (κ1) is 13.6. The van der Waals surface area contributed by atoms with Crippen LogP contribution in [0.2, 0.25) is 0 Å². The minimum absolute atomic E-state index is 0.351. The van der Waals surface area contributed by atoms with Gasteiger partial charge in [0.05, 0.1) is 6.10 Å². The maximum Gasteiger partial charge on any atom is 0.176 e. The van der Waals surface area contributed by atoms with Gasteiger partial charge in [-0.1, -0.05) is 32.3 Å². The van der Waals surface area contributed by atoms with E-state index in [9.17, 15) is 5.11 Å². The molecule has 0 bridgehead atoms. The summed E-state index contributed by atoms with van der Waals surface area (Å²) in [6.45, 7) is 2.15. The third-order valence-corrected chi connectivity index (χ3v) is 2.06. The third-order valence-electron chi connectivity index (χ3n) is 2.06. The molecule has 0 saturated heterocycles. The summed E-state index contributed by atoms with van der Waals surface area (Å²) in [5.74, 6) is 0. The van der Waals surface area contributed by atoms with E-state index in [4.69, 9.17) is 9.47 Å². The van der Waals surface area contributed by atoms with E-state index in [0.29, 0.717) is 0 Å². The van der Waals surface area contributed by atoms with Gasteiger partial charge in [0, 0.05) is 14.2 Å². The number of aliphatic hydroxyl groups excluding tert-OH is 1. The molecule has 0 aromatic rings. The Bertz CT molecular complexity index is 141.